The molecule has 0 saturated heterocycles. The van der Waals surface area contributed by atoms with Crippen molar-refractivity contribution in [3.8, 4) is 0 Å². The molecular weight excluding hydrogens is 244 g/mol. The molecule has 0 spiro atoms. The van der Waals surface area contributed by atoms with Gasteiger partial charge in [0.1, 0.15) is 0 Å². The first-order valence-electron chi connectivity index (χ1n) is 6.19. The van der Waals surface area contributed by atoms with Gasteiger partial charge in [0, 0.05) is 29.2 Å². The number of carboxylic acids is 1. The molecule has 2 aromatic rings. The van der Waals surface area contributed by atoms with Gasteiger partial charge in [0.05, 0.1) is 5.41 Å². The van der Waals surface area contributed by atoms with Crippen molar-refractivity contribution in [2.45, 2.75) is 12.8 Å². The molecule has 1 amide bonds. The first kappa shape index (κ1) is 11.8. The van der Waals surface area contributed by atoms with Crippen LogP contribution in [0.1, 0.15) is 23.2 Å². The summed E-state index contributed by atoms with van der Waals surface area (Å²) in [5.74, 6) is -1.05. The molecule has 1 aliphatic rings. The zero-order chi connectivity index (χ0) is 13.5. The Morgan fingerprint density at radius 2 is 2.11 bits per heavy atom. The molecular formula is C14H14N2O3. The third-order valence-electron chi connectivity index (χ3n) is 3.71. The average Bonchev–Trinajstić information content (AvgIpc) is 3.06. The Bertz CT molecular complexity index is 656. The number of nitrogens with one attached hydrogen (secondary N) is 2. The van der Waals surface area contributed by atoms with Gasteiger partial charge in [-0.25, -0.2) is 0 Å². The van der Waals surface area contributed by atoms with E-state index in [1.54, 1.807) is 12.1 Å². The number of rotatable bonds is 4. The third kappa shape index (κ3) is 2.07. The minimum absolute atomic E-state index is 0.201. The minimum atomic E-state index is -0.825. The van der Waals surface area contributed by atoms with Gasteiger partial charge in [-0.05, 0) is 37.1 Å². The molecule has 98 valence electrons. The molecule has 5 nitrogen and oxygen atoms in total. The number of carbonyl (C=O) groups excluding carboxylic acids is 1. The first-order valence-corrected chi connectivity index (χ1v) is 6.19. The number of H-pyrrole nitrogens is 1. The quantitative estimate of drug-likeness (QED) is 0.781. The monoisotopic (exact) mass is 258 g/mol. The summed E-state index contributed by atoms with van der Waals surface area (Å²) in [5, 5.41) is 12.7. The Morgan fingerprint density at radius 3 is 2.79 bits per heavy atom. The maximum absolute atomic E-state index is 12.0. The number of fused-ring (bicyclic) bond motifs is 1. The number of aliphatic carboxylic acids is 1. The summed E-state index contributed by atoms with van der Waals surface area (Å²) in [7, 11) is 0. The summed E-state index contributed by atoms with van der Waals surface area (Å²) in [5.41, 5.74) is 0.794. The summed E-state index contributed by atoms with van der Waals surface area (Å²) in [4.78, 5) is 26.1. The van der Waals surface area contributed by atoms with Crippen molar-refractivity contribution in [2.75, 3.05) is 6.54 Å². The van der Waals surface area contributed by atoms with Crippen LogP contribution in [-0.4, -0.2) is 28.5 Å². The first-order chi connectivity index (χ1) is 9.11. The molecule has 0 atom stereocenters. The predicted octanol–water partition coefficient (Wildman–Crippen LogP) is 1.76. The van der Waals surface area contributed by atoms with Gasteiger partial charge in [-0.3, -0.25) is 9.59 Å². The SMILES string of the molecule is O=C(NCC1(C(=O)O)CC1)c1ccc2[nH]ccc2c1. The topological polar surface area (TPSA) is 82.2 Å². The number of hydrogen-bond acceptors (Lipinski definition) is 2. The van der Waals surface area contributed by atoms with E-state index in [2.05, 4.69) is 10.3 Å². The van der Waals surface area contributed by atoms with Crippen LogP contribution >= 0.6 is 0 Å². The number of amides is 1. The zero-order valence-corrected chi connectivity index (χ0v) is 10.3. The molecule has 1 aliphatic carbocycles. The molecule has 3 rings (SSSR count). The van der Waals surface area contributed by atoms with E-state index >= 15 is 0 Å². The summed E-state index contributed by atoms with van der Waals surface area (Å²) < 4.78 is 0. The summed E-state index contributed by atoms with van der Waals surface area (Å²) in [6, 6.07) is 7.26. The fourth-order valence-corrected chi connectivity index (χ4v) is 2.16. The highest BCUT2D eigenvalue weighted by molar-refractivity contribution is 5.98. The fourth-order valence-electron chi connectivity index (χ4n) is 2.16. The second kappa shape index (κ2) is 4.12. The molecule has 1 aromatic heterocycles. The molecule has 1 heterocycles. The van der Waals surface area contributed by atoms with Crippen LogP contribution in [0, 0.1) is 5.41 Å². The van der Waals surface area contributed by atoms with Gasteiger partial charge in [-0.2, -0.15) is 0 Å². The van der Waals surface area contributed by atoms with E-state index in [0.29, 0.717) is 18.4 Å². The number of aromatic nitrogens is 1. The van der Waals surface area contributed by atoms with E-state index in [9.17, 15) is 9.59 Å². The van der Waals surface area contributed by atoms with Crippen molar-refractivity contribution in [1.82, 2.24) is 10.3 Å². The Morgan fingerprint density at radius 1 is 1.32 bits per heavy atom. The van der Waals surface area contributed by atoms with Crippen molar-refractivity contribution in [1.29, 1.82) is 0 Å². The molecule has 0 aliphatic heterocycles. The molecule has 0 radical (unpaired) electrons. The molecule has 19 heavy (non-hydrogen) atoms. The highest BCUT2D eigenvalue weighted by Gasteiger charge is 2.50. The van der Waals surface area contributed by atoms with Crippen molar-refractivity contribution < 1.29 is 14.7 Å². The maximum atomic E-state index is 12.0. The van der Waals surface area contributed by atoms with Crippen LogP contribution in [0.3, 0.4) is 0 Å². The summed E-state index contributed by atoms with van der Waals surface area (Å²) >= 11 is 0. The van der Waals surface area contributed by atoms with E-state index in [1.807, 2.05) is 18.3 Å². The van der Waals surface area contributed by atoms with E-state index in [1.165, 1.54) is 0 Å². The minimum Gasteiger partial charge on any atom is -0.481 e. The third-order valence-corrected chi connectivity index (χ3v) is 3.71. The molecule has 0 unspecified atom stereocenters. The van der Waals surface area contributed by atoms with E-state index in [0.717, 1.165) is 10.9 Å². The zero-order valence-electron chi connectivity index (χ0n) is 10.3. The Kier molecular flexibility index (Phi) is 2.55. The van der Waals surface area contributed by atoms with Gasteiger partial charge in [-0.1, -0.05) is 0 Å². The highest BCUT2D eigenvalue weighted by Crippen LogP contribution is 2.45. The normalized spacial score (nSPS) is 16.2. The molecule has 0 bridgehead atoms. The summed E-state index contributed by atoms with van der Waals surface area (Å²) in [6.45, 7) is 0.201. The average molecular weight is 258 g/mol. The van der Waals surface area contributed by atoms with Gasteiger partial charge < -0.3 is 15.4 Å². The van der Waals surface area contributed by atoms with Crippen LogP contribution in [0.5, 0.6) is 0 Å². The van der Waals surface area contributed by atoms with Crippen LogP contribution in [0.15, 0.2) is 30.5 Å². The van der Waals surface area contributed by atoms with E-state index in [4.69, 9.17) is 5.11 Å². The largest absolute Gasteiger partial charge is 0.481 e. The molecule has 1 aromatic carbocycles. The Labute approximate surface area is 109 Å². The van der Waals surface area contributed by atoms with Gasteiger partial charge in [0.15, 0.2) is 0 Å². The second-order valence-electron chi connectivity index (χ2n) is 5.05. The number of hydrogen-bond donors (Lipinski definition) is 3. The smallest absolute Gasteiger partial charge is 0.311 e. The van der Waals surface area contributed by atoms with Crippen LogP contribution in [0.25, 0.3) is 10.9 Å². The Balaban J connectivity index is 1.71. The standard InChI is InChI=1S/C14H14N2O3/c17-12(16-8-14(4-5-14)13(18)19)10-1-2-11-9(7-10)3-6-15-11/h1-3,6-7,15H,4-5,8H2,(H,16,17)(H,18,19). The van der Waals surface area contributed by atoms with Crippen LogP contribution in [0.4, 0.5) is 0 Å². The lowest BCUT2D eigenvalue weighted by Crippen LogP contribution is -2.34. The van der Waals surface area contributed by atoms with Crippen molar-refractivity contribution in [2.24, 2.45) is 5.41 Å². The molecule has 5 heteroatoms. The fraction of sp³-hybridized carbons (Fsp3) is 0.286. The van der Waals surface area contributed by atoms with Gasteiger partial charge in [0.2, 0.25) is 0 Å². The molecule has 1 saturated carbocycles. The van der Waals surface area contributed by atoms with Crippen molar-refractivity contribution >= 4 is 22.8 Å². The molecule has 3 N–H and O–H groups in total. The van der Waals surface area contributed by atoms with E-state index in [-0.39, 0.29) is 12.5 Å². The van der Waals surface area contributed by atoms with Gasteiger partial charge in [0.25, 0.3) is 5.91 Å². The molecule has 1 fully saturated rings. The van der Waals surface area contributed by atoms with Crippen LogP contribution in [0.2, 0.25) is 0 Å². The number of aromatic amines is 1. The lowest BCUT2D eigenvalue weighted by molar-refractivity contribution is -0.143. The highest BCUT2D eigenvalue weighted by atomic mass is 16.4. The maximum Gasteiger partial charge on any atom is 0.311 e. The van der Waals surface area contributed by atoms with Crippen molar-refractivity contribution in [3.05, 3.63) is 36.0 Å². The Hall–Kier alpha value is -2.30. The summed E-state index contributed by atoms with van der Waals surface area (Å²) in [6.07, 6.45) is 3.09. The lowest BCUT2D eigenvalue weighted by Gasteiger charge is -2.11. The van der Waals surface area contributed by atoms with Crippen LogP contribution < -0.4 is 5.32 Å². The second-order valence-corrected chi connectivity index (χ2v) is 5.05. The number of benzene rings is 1. The van der Waals surface area contributed by atoms with Gasteiger partial charge in [-0.15, -0.1) is 0 Å². The van der Waals surface area contributed by atoms with Crippen LogP contribution in [-0.2, 0) is 4.79 Å². The van der Waals surface area contributed by atoms with Gasteiger partial charge >= 0.3 is 5.97 Å². The number of carbonyl (C=O) groups is 2. The predicted molar refractivity (Wildman–Crippen MR) is 69.9 cm³/mol. The lowest BCUT2D eigenvalue weighted by atomic mass is 10.1. The number of carboxylic acid groups (broad SMARTS) is 1. The van der Waals surface area contributed by atoms with E-state index < -0.39 is 11.4 Å². The van der Waals surface area contributed by atoms with Crippen molar-refractivity contribution in [3.63, 3.8) is 0 Å².